The first-order valence-electron chi connectivity index (χ1n) is 21.8. The molecule has 1 aromatic heterocycles. The molecule has 294 valence electrons. The molecule has 4 fully saturated rings. The largest absolute Gasteiger partial charge is 0.371 e. The standard InChI is InChI=1S/C48H61N7O/c1-4-38-29-41-42(48(2,3)47-45(46(41)56)40-14-13-37(31-49)28-43(40)50-47)30-44(38)55-17-15-39(16-18-55)54-25-23-53(24-26-54)33-52-21-19-51(20-22-52)32-36-11-9-35(10-12-36)27-34-7-5-6-8-34/h9-14,28-30,34,39,50H,4-8,15-27,32-33H2,1-3H3. The number of carbonyl (C=O) groups is 1. The van der Waals surface area contributed by atoms with Crippen molar-refractivity contribution in [3.63, 3.8) is 0 Å². The van der Waals surface area contributed by atoms with E-state index in [-0.39, 0.29) is 11.2 Å². The summed E-state index contributed by atoms with van der Waals surface area (Å²) in [4.78, 5) is 31.1. The summed E-state index contributed by atoms with van der Waals surface area (Å²) in [5.41, 5.74) is 10.3. The third kappa shape index (κ3) is 7.33. The lowest BCUT2D eigenvalue weighted by molar-refractivity contribution is 0.0285. The summed E-state index contributed by atoms with van der Waals surface area (Å²) in [6, 6.07) is 22.6. The van der Waals surface area contributed by atoms with Crippen molar-refractivity contribution in [2.45, 2.75) is 90.1 Å². The van der Waals surface area contributed by atoms with E-state index < -0.39 is 0 Å². The topological polar surface area (TPSA) is 72.8 Å². The molecule has 0 radical (unpaired) electrons. The van der Waals surface area contributed by atoms with Crippen LogP contribution in [0, 0.1) is 17.2 Å². The molecule has 3 saturated heterocycles. The minimum atomic E-state index is -0.363. The molecule has 5 aliphatic rings. The maximum absolute atomic E-state index is 14.1. The number of hydrogen-bond acceptors (Lipinski definition) is 7. The lowest BCUT2D eigenvalue weighted by Gasteiger charge is -2.45. The van der Waals surface area contributed by atoms with Crippen molar-refractivity contribution in [2.75, 3.05) is 77.0 Å². The number of nitrogens with zero attached hydrogens (tertiary/aromatic N) is 6. The molecule has 4 heterocycles. The molecule has 4 aromatic rings. The minimum absolute atomic E-state index is 0.0947. The van der Waals surface area contributed by atoms with Crippen molar-refractivity contribution >= 4 is 22.4 Å². The van der Waals surface area contributed by atoms with Crippen LogP contribution in [0.4, 0.5) is 5.69 Å². The van der Waals surface area contributed by atoms with Gasteiger partial charge in [-0.2, -0.15) is 5.26 Å². The van der Waals surface area contributed by atoms with Gasteiger partial charge in [-0.3, -0.25) is 24.4 Å². The highest BCUT2D eigenvalue weighted by Gasteiger charge is 2.41. The van der Waals surface area contributed by atoms with Crippen molar-refractivity contribution in [1.29, 1.82) is 5.26 Å². The lowest BCUT2D eigenvalue weighted by atomic mass is 9.70. The highest BCUT2D eigenvalue weighted by Crippen LogP contribution is 2.46. The predicted molar refractivity (Wildman–Crippen MR) is 227 cm³/mol. The molecule has 56 heavy (non-hydrogen) atoms. The van der Waals surface area contributed by atoms with E-state index in [1.54, 1.807) is 0 Å². The van der Waals surface area contributed by atoms with Gasteiger partial charge in [0.1, 0.15) is 0 Å². The number of nitriles is 1. The Kier molecular flexibility index (Phi) is 10.6. The Hall–Kier alpha value is -4.00. The molecule has 3 aromatic carbocycles. The molecule has 8 heteroatoms. The van der Waals surface area contributed by atoms with E-state index >= 15 is 0 Å². The second-order valence-electron chi connectivity index (χ2n) is 18.2. The van der Waals surface area contributed by atoms with E-state index in [2.05, 4.69) is 92.7 Å². The van der Waals surface area contributed by atoms with Gasteiger partial charge >= 0.3 is 0 Å². The Bertz CT molecular complexity index is 2080. The molecule has 2 aliphatic carbocycles. The van der Waals surface area contributed by atoms with Crippen molar-refractivity contribution in [3.8, 4) is 6.07 Å². The van der Waals surface area contributed by atoms with Gasteiger partial charge in [0.15, 0.2) is 5.78 Å². The maximum Gasteiger partial charge on any atom is 0.195 e. The molecular weight excluding hydrogens is 691 g/mol. The normalized spacial score (nSPS) is 21.8. The molecule has 0 amide bonds. The van der Waals surface area contributed by atoms with Crippen LogP contribution in [0.5, 0.6) is 0 Å². The molecule has 8 nitrogen and oxygen atoms in total. The van der Waals surface area contributed by atoms with Crippen LogP contribution in [0.25, 0.3) is 10.9 Å². The Morgan fingerprint density at radius 3 is 2.12 bits per heavy atom. The molecular formula is C48H61N7O. The summed E-state index contributed by atoms with van der Waals surface area (Å²) < 4.78 is 0. The van der Waals surface area contributed by atoms with Crippen LogP contribution >= 0.6 is 0 Å². The van der Waals surface area contributed by atoms with Crippen LogP contribution in [0.2, 0.25) is 0 Å². The number of aromatic amines is 1. The monoisotopic (exact) mass is 751 g/mol. The van der Waals surface area contributed by atoms with E-state index in [4.69, 9.17) is 0 Å². The number of piperidine rings is 1. The summed E-state index contributed by atoms with van der Waals surface area (Å²) in [6.45, 7) is 20.3. The van der Waals surface area contributed by atoms with Gasteiger partial charge in [-0.25, -0.2) is 0 Å². The summed E-state index contributed by atoms with van der Waals surface area (Å²) in [7, 11) is 0. The quantitative estimate of drug-likeness (QED) is 0.189. The molecule has 9 rings (SSSR count). The highest BCUT2D eigenvalue weighted by atomic mass is 16.1. The fraction of sp³-hybridized carbons (Fsp3) is 0.542. The number of benzene rings is 3. The number of aromatic nitrogens is 1. The van der Waals surface area contributed by atoms with Crippen molar-refractivity contribution in [1.82, 2.24) is 24.6 Å². The first-order chi connectivity index (χ1) is 27.3. The van der Waals surface area contributed by atoms with Crippen molar-refractivity contribution in [2.24, 2.45) is 5.92 Å². The molecule has 0 atom stereocenters. The maximum atomic E-state index is 14.1. The van der Waals surface area contributed by atoms with Gasteiger partial charge in [-0.1, -0.05) is 76.8 Å². The zero-order valence-corrected chi connectivity index (χ0v) is 34.1. The highest BCUT2D eigenvalue weighted by molar-refractivity contribution is 6.20. The molecule has 0 bridgehead atoms. The summed E-state index contributed by atoms with van der Waals surface area (Å²) >= 11 is 0. The van der Waals surface area contributed by atoms with E-state index in [1.807, 2.05) is 18.2 Å². The van der Waals surface area contributed by atoms with Gasteiger partial charge in [0.25, 0.3) is 0 Å². The predicted octanol–water partition coefficient (Wildman–Crippen LogP) is 7.57. The number of piperazine rings is 2. The number of rotatable bonds is 9. The first kappa shape index (κ1) is 37.6. The van der Waals surface area contributed by atoms with E-state index in [1.165, 1.54) is 93.5 Å². The number of anilines is 1. The van der Waals surface area contributed by atoms with Crippen molar-refractivity contribution in [3.05, 3.63) is 99.2 Å². The van der Waals surface area contributed by atoms with Crippen LogP contribution in [0.15, 0.2) is 54.6 Å². The summed E-state index contributed by atoms with van der Waals surface area (Å²) in [5.74, 6) is 1.01. The smallest absolute Gasteiger partial charge is 0.195 e. The number of aryl methyl sites for hydroxylation is 1. The Balaban J connectivity index is 0.758. The van der Waals surface area contributed by atoms with Gasteiger partial charge in [0, 0.05) is 111 Å². The average Bonchev–Trinajstić information content (AvgIpc) is 3.90. The van der Waals surface area contributed by atoms with Gasteiger partial charge in [-0.05, 0) is 78.1 Å². The van der Waals surface area contributed by atoms with Crippen LogP contribution in [-0.2, 0) is 24.8 Å². The average molecular weight is 752 g/mol. The Morgan fingerprint density at radius 1 is 0.786 bits per heavy atom. The van der Waals surface area contributed by atoms with Crippen LogP contribution < -0.4 is 4.90 Å². The van der Waals surface area contributed by atoms with E-state index in [0.29, 0.717) is 11.6 Å². The molecule has 1 N–H and O–H groups in total. The summed E-state index contributed by atoms with van der Waals surface area (Å²) in [5, 5.41) is 10.4. The second-order valence-corrected chi connectivity index (χ2v) is 18.2. The molecule has 3 aliphatic heterocycles. The fourth-order valence-corrected chi connectivity index (χ4v) is 10.9. The van der Waals surface area contributed by atoms with Gasteiger partial charge in [-0.15, -0.1) is 0 Å². The van der Waals surface area contributed by atoms with Gasteiger partial charge < -0.3 is 9.88 Å². The number of ketones is 1. The number of carbonyl (C=O) groups excluding carboxylic acids is 1. The zero-order chi connectivity index (χ0) is 38.4. The van der Waals surface area contributed by atoms with Crippen LogP contribution in [-0.4, -0.2) is 109 Å². The summed E-state index contributed by atoms with van der Waals surface area (Å²) in [6.07, 6.45) is 10.2. The van der Waals surface area contributed by atoms with E-state index in [9.17, 15) is 10.1 Å². The SMILES string of the molecule is CCc1cc2c(cc1N1CCC(N3CCN(CN4CCN(Cc5ccc(CC6CCCC6)cc5)CC4)CC3)CC1)C(C)(C)c1[nH]c3cc(C#N)ccc3c1C2=O. The number of fused-ring (bicyclic) bond motifs is 4. The zero-order valence-electron chi connectivity index (χ0n) is 34.1. The van der Waals surface area contributed by atoms with Gasteiger partial charge in [0.2, 0.25) is 0 Å². The minimum Gasteiger partial charge on any atom is -0.371 e. The van der Waals surface area contributed by atoms with Crippen molar-refractivity contribution < 1.29 is 4.79 Å². The van der Waals surface area contributed by atoms with Crippen LogP contribution in [0.1, 0.15) is 109 Å². The molecule has 1 saturated carbocycles. The molecule has 0 unspecified atom stereocenters. The Labute approximate surface area is 334 Å². The number of hydrogen-bond donors (Lipinski definition) is 1. The molecule has 0 spiro atoms. The van der Waals surface area contributed by atoms with Gasteiger partial charge in [0.05, 0.1) is 23.9 Å². The fourth-order valence-electron chi connectivity index (χ4n) is 10.9. The lowest BCUT2D eigenvalue weighted by Crippen LogP contribution is -2.56. The second kappa shape index (κ2) is 15.7. The van der Waals surface area contributed by atoms with E-state index in [0.717, 1.165) is 98.1 Å². The number of H-pyrrole nitrogens is 1. The first-order valence-corrected chi connectivity index (χ1v) is 21.8. The third-order valence-electron chi connectivity index (χ3n) is 14.3. The van der Waals surface area contributed by atoms with Crippen LogP contribution in [0.3, 0.4) is 0 Å². The third-order valence-corrected chi connectivity index (χ3v) is 14.3. The Morgan fingerprint density at radius 2 is 1.45 bits per heavy atom. The number of nitrogens with one attached hydrogen (secondary N) is 1.